The van der Waals surface area contributed by atoms with Crippen molar-refractivity contribution >= 4 is 33.1 Å². The van der Waals surface area contributed by atoms with Crippen molar-refractivity contribution in [3.05, 3.63) is 82.2 Å². The summed E-state index contributed by atoms with van der Waals surface area (Å²) in [5.41, 5.74) is 3.87. The second-order valence-corrected chi connectivity index (χ2v) is 10.8. The molecule has 2 aliphatic rings. The van der Waals surface area contributed by atoms with Gasteiger partial charge in [-0.2, -0.15) is 0 Å². The van der Waals surface area contributed by atoms with E-state index in [2.05, 4.69) is 52.0 Å². The first-order chi connectivity index (χ1) is 17.7. The van der Waals surface area contributed by atoms with Crippen LogP contribution in [0.25, 0.3) is 10.2 Å². The average molecular weight is 502 g/mol. The third kappa shape index (κ3) is 4.70. The lowest BCUT2D eigenvalue weighted by Gasteiger charge is -2.37. The lowest BCUT2D eigenvalue weighted by atomic mass is 10.0. The molecular weight excluding hydrogens is 469 g/mol. The topological polar surface area (TPSA) is 35.5 Å². The van der Waals surface area contributed by atoms with E-state index in [1.165, 1.54) is 21.4 Å². The average Bonchev–Trinajstić information content (AvgIpc) is 3.30. The molecule has 1 fully saturated rings. The van der Waals surface area contributed by atoms with Gasteiger partial charge in [0.2, 0.25) is 0 Å². The fraction of sp³-hybridized carbons (Fsp3) is 0.379. The van der Waals surface area contributed by atoms with Gasteiger partial charge in [-0.3, -0.25) is 4.90 Å². The van der Waals surface area contributed by atoms with Gasteiger partial charge in [0, 0.05) is 56.3 Å². The molecule has 2 aromatic heterocycles. The highest BCUT2D eigenvalue weighted by molar-refractivity contribution is 7.19. The number of benzene rings is 2. The molecule has 7 heteroatoms. The van der Waals surface area contributed by atoms with Crippen LogP contribution in [0.2, 0.25) is 0 Å². The number of piperazine rings is 1. The molecule has 0 aliphatic carbocycles. The van der Waals surface area contributed by atoms with Gasteiger partial charge in [-0.15, -0.1) is 11.3 Å². The summed E-state index contributed by atoms with van der Waals surface area (Å²) in [5, 5.41) is 1.28. The third-order valence-corrected chi connectivity index (χ3v) is 8.62. The van der Waals surface area contributed by atoms with E-state index in [0.29, 0.717) is 0 Å². The maximum Gasteiger partial charge on any atom is 0.141 e. The lowest BCUT2D eigenvalue weighted by Crippen LogP contribution is -2.47. The predicted molar refractivity (Wildman–Crippen MR) is 147 cm³/mol. The van der Waals surface area contributed by atoms with Crippen LogP contribution in [-0.4, -0.2) is 54.1 Å². The van der Waals surface area contributed by atoms with E-state index >= 15 is 0 Å². The van der Waals surface area contributed by atoms with Crippen LogP contribution >= 0.6 is 11.3 Å². The van der Waals surface area contributed by atoms with Crippen LogP contribution in [0.4, 0.5) is 15.9 Å². The molecule has 6 rings (SSSR count). The molecule has 4 aromatic rings. The molecule has 0 saturated carbocycles. The smallest absolute Gasteiger partial charge is 0.141 e. The van der Waals surface area contributed by atoms with Gasteiger partial charge in [0.15, 0.2) is 0 Å². The number of aryl methyl sites for hydroxylation is 2. The van der Waals surface area contributed by atoms with Crippen molar-refractivity contribution in [1.82, 2.24) is 14.9 Å². The Labute approximate surface area is 216 Å². The van der Waals surface area contributed by atoms with Crippen LogP contribution in [0, 0.1) is 5.82 Å². The molecule has 1 saturated heterocycles. The molecule has 186 valence electrons. The van der Waals surface area contributed by atoms with Gasteiger partial charge in [-0.05, 0) is 54.8 Å². The fourth-order valence-corrected chi connectivity index (χ4v) is 6.69. The fourth-order valence-electron chi connectivity index (χ4n) is 5.41. The van der Waals surface area contributed by atoms with Crippen LogP contribution in [0.5, 0.6) is 0 Å². The molecule has 2 aliphatic heterocycles. The zero-order chi connectivity index (χ0) is 24.5. The highest BCUT2D eigenvalue weighted by atomic mass is 32.1. The number of nitrogens with zero attached hydrogens (tertiary/aromatic N) is 5. The van der Waals surface area contributed by atoms with Crippen molar-refractivity contribution in [3.8, 4) is 0 Å². The van der Waals surface area contributed by atoms with Crippen molar-refractivity contribution in [2.75, 3.05) is 49.1 Å². The van der Waals surface area contributed by atoms with Gasteiger partial charge < -0.3 is 9.80 Å². The van der Waals surface area contributed by atoms with Gasteiger partial charge in [-0.1, -0.05) is 37.3 Å². The summed E-state index contributed by atoms with van der Waals surface area (Å²) in [5.74, 6) is 1.87. The summed E-state index contributed by atoms with van der Waals surface area (Å²) < 4.78 is 13.4. The van der Waals surface area contributed by atoms with E-state index in [0.717, 1.165) is 87.2 Å². The molecule has 36 heavy (non-hydrogen) atoms. The summed E-state index contributed by atoms with van der Waals surface area (Å²) in [6.45, 7) is 9.03. The Balaban J connectivity index is 1.30. The number of halogens is 1. The van der Waals surface area contributed by atoms with Crippen LogP contribution < -0.4 is 9.80 Å². The maximum atomic E-state index is 13.4. The number of hydrogen-bond donors (Lipinski definition) is 0. The zero-order valence-electron chi connectivity index (χ0n) is 20.8. The van der Waals surface area contributed by atoms with E-state index in [-0.39, 0.29) is 5.82 Å². The van der Waals surface area contributed by atoms with E-state index in [1.807, 2.05) is 23.5 Å². The van der Waals surface area contributed by atoms with Crippen molar-refractivity contribution in [1.29, 1.82) is 0 Å². The van der Waals surface area contributed by atoms with Crippen LogP contribution in [0.3, 0.4) is 0 Å². The lowest BCUT2D eigenvalue weighted by molar-refractivity contribution is 0.272. The first-order valence-corrected chi connectivity index (χ1v) is 13.8. The monoisotopic (exact) mass is 501 g/mol. The normalized spacial score (nSPS) is 16.5. The molecule has 2 aromatic carbocycles. The Morgan fingerprint density at radius 1 is 0.861 bits per heavy atom. The molecule has 0 bridgehead atoms. The van der Waals surface area contributed by atoms with Gasteiger partial charge >= 0.3 is 0 Å². The Hall–Kier alpha value is -3.03. The third-order valence-electron chi connectivity index (χ3n) is 7.50. The van der Waals surface area contributed by atoms with Gasteiger partial charge in [-0.25, -0.2) is 14.4 Å². The number of likely N-dealkylation sites (N-methyl/N-ethyl adjacent to an activating group) is 1. The summed E-state index contributed by atoms with van der Waals surface area (Å²) in [6.07, 6.45) is 2.85. The molecule has 0 N–H and O–H groups in total. The first kappa shape index (κ1) is 23.4. The molecule has 0 unspecified atom stereocenters. The van der Waals surface area contributed by atoms with Gasteiger partial charge in [0.1, 0.15) is 22.3 Å². The predicted octanol–water partition coefficient (Wildman–Crippen LogP) is 5.32. The van der Waals surface area contributed by atoms with E-state index in [9.17, 15) is 4.39 Å². The van der Waals surface area contributed by atoms with Crippen molar-refractivity contribution < 1.29 is 4.39 Å². The van der Waals surface area contributed by atoms with E-state index in [4.69, 9.17) is 9.97 Å². The molecule has 0 atom stereocenters. The van der Waals surface area contributed by atoms with Crippen molar-refractivity contribution in [2.24, 2.45) is 0 Å². The summed E-state index contributed by atoms with van der Waals surface area (Å²) >= 11 is 1.87. The van der Waals surface area contributed by atoms with E-state index < -0.39 is 0 Å². The number of rotatable bonds is 6. The highest BCUT2D eigenvalue weighted by Crippen LogP contribution is 2.39. The minimum Gasteiger partial charge on any atom is -0.368 e. The minimum absolute atomic E-state index is 0.187. The largest absolute Gasteiger partial charge is 0.368 e. The second-order valence-electron chi connectivity index (χ2n) is 9.70. The molecule has 5 nitrogen and oxygen atoms in total. The Kier molecular flexibility index (Phi) is 6.59. The first-order valence-electron chi connectivity index (χ1n) is 13.0. The standard InChI is InChI=1S/C29H32FN5S/c1-2-33-15-14-24-25(20-33)36-29-27(24)28(31-26(32-29)13-8-21-6-4-3-5-7-21)35-18-16-34(17-19-35)23-11-9-22(30)10-12-23/h3-7,9-12H,2,8,13-20H2,1H3. The summed E-state index contributed by atoms with van der Waals surface area (Å²) in [7, 11) is 0. The van der Waals surface area contributed by atoms with Crippen molar-refractivity contribution in [3.63, 3.8) is 0 Å². The Bertz CT molecular complexity index is 1330. The Morgan fingerprint density at radius 3 is 2.36 bits per heavy atom. The van der Waals surface area contributed by atoms with Gasteiger partial charge in [0.25, 0.3) is 0 Å². The number of thiophene rings is 1. The number of aromatic nitrogens is 2. The van der Waals surface area contributed by atoms with Crippen LogP contribution in [-0.2, 0) is 25.8 Å². The van der Waals surface area contributed by atoms with Gasteiger partial charge in [0.05, 0.1) is 5.39 Å². The molecule has 4 heterocycles. The second kappa shape index (κ2) is 10.1. The summed E-state index contributed by atoms with van der Waals surface area (Å²) in [6, 6.07) is 17.5. The molecule has 0 spiro atoms. The van der Waals surface area contributed by atoms with E-state index in [1.54, 1.807) is 12.1 Å². The number of hydrogen-bond acceptors (Lipinski definition) is 6. The number of anilines is 2. The molecule has 0 amide bonds. The van der Waals surface area contributed by atoms with Crippen molar-refractivity contribution in [2.45, 2.75) is 32.7 Å². The quantitative estimate of drug-likeness (QED) is 0.357. The van der Waals surface area contributed by atoms with Crippen LogP contribution in [0.15, 0.2) is 54.6 Å². The Morgan fingerprint density at radius 2 is 1.61 bits per heavy atom. The number of fused-ring (bicyclic) bond motifs is 3. The summed E-state index contributed by atoms with van der Waals surface area (Å²) in [4.78, 5) is 20.2. The van der Waals surface area contributed by atoms with Crippen LogP contribution in [0.1, 0.15) is 28.8 Å². The SMILES string of the molecule is CCN1CCc2c(sc3nc(CCc4ccccc4)nc(N4CCN(c5ccc(F)cc5)CC4)c23)C1. The molecule has 0 radical (unpaired) electrons. The molecular formula is C29H32FN5S. The minimum atomic E-state index is -0.187. The zero-order valence-corrected chi connectivity index (χ0v) is 21.6. The maximum absolute atomic E-state index is 13.4. The highest BCUT2D eigenvalue weighted by Gasteiger charge is 2.27.